The van der Waals surface area contributed by atoms with Crippen molar-refractivity contribution in [3.8, 4) is 5.75 Å². The van der Waals surface area contributed by atoms with E-state index in [1.54, 1.807) is 32.3 Å². The van der Waals surface area contributed by atoms with Crippen molar-refractivity contribution in [2.45, 2.75) is 74.4 Å². The summed E-state index contributed by atoms with van der Waals surface area (Å²) < 4.78 is 48.0. The van der Waals surface area contributed by atoms with Gasteiger partial charge in [0.15, 0.2) is 0 Å². The summed E-state index contributed by atoms with van der Waals surface area (Å²) in [5.74, 6) is -0.102. The van der Waals surface area contributed by atoms with Crippen molar-refractivity contribution in [2.24, 2.45) is 11.8 Å². The van der Waals surface area contributed by atoms with Crippen LogP contribution in [-0.2, 0) is 36.1 Å². The van der Waals surface area contributed by atoms with Gasteiger partial charge in [-0.3, -0.25) is 4.79 Å². The van der Waals surface area contributed by atoms with E-state index < -0.39 is 33.2 Å². The molecule has 4 aliphatic rings. The zero-order valence-corrected chi connectivity index (χ0v) is 29.2. The molecule has 254 valence electrons. The van der Waals surface area contributed by atoms with Gasteiger partial charge in [-0.25, -0.2) is 17.9 Å². The van der Waals surface area contributed by atoms with E-state index in [0.717, 1.165) is 32.1 Å². The van der Waals surface area contributed by atoms with Crippen LogP contribution in [-0.4, -0.2) is 76.9 Å². The molecule has 1 N–H and O–H groups in total. The smallest absolute Gasteiger partial charge is 0.410 e. The van der Waals surface area contributed by atoms with Crippen molar-refractivity contribution >= 4 is 39.3 Å². The molecule has 1 fully saturated rings. The highest BCUT2D eigenvalue weighted by atomic mass is 35.5. The quantitative estimate of drug-likeness (QED) is 0.394. The average molecular weight is 686 g/mol. The number of hydrogen-bond donors (Lipinski definition) is 1. The molecular weight excluding hydrogens is 642 g/mol. The zero-order valence-electron chi connectivity index (χ0n) is 27.7. The molecular formula is C35H44ClN3O7S. The van der Waals surface area contributed by atoms with Gasteiger partial charge in [0.1, 0.15) is 17.0 Å². The molecule has 0 saturated heterocycles. The first kappa shape index (κ1) is 33.6. The van der Waals surface area contributed by atoms with Crippen molar-refractivity contribution in [1.82, 2.24) is 9.62 Å². The fourth-order valence-electron chi connectivity index (χ4n) is 7.51. The molecule has 12 heteroatoms. The number of benzene rings is 2. The first-order chi connectivity index (χ1) is 22.1. The van der Waals surface area contributed by atoms with Crippen molar-refractivity contribution < 1.29 is 32.2 Å². The second kappa shape index (κ2) is 12.3. The fraction of sp³-hybridized carbons (Fsp3) is 0.543. The highest BCUT2D eigenvalue weighted by molar-refractivity contribution is 7.90. The third kappa shape index (κ3) is 6.46. The van der Waals surface area contributed by atoms with Crippen molar-refractivity contribution in [2.75, 3.05) is 45.3 Å². The number of nitrogens with one attached hydrogen (secondary N) is 1. The molecule has 47 heavy (non-hydrogen) atoms. The van der Waals surface area contributed by atoms with Gasteiger partial charge in [0.2, 0.25) is 0 Å². The van der Waals surface area contributed by atoms with Gasteiger partial charge in [-0.1, -0.05) is 23.7 Å². The number of aryl methyl sites for hydroxylation is 1. The molecule has 4 atom stereocenters. The van der Waals surface area contributed by atoms with Crippen LogP contribution < -0.4 is 14.4 Å². The Hall–Kier alpha value is -3.28. The van der Waals surface area contributed by atoms with Crippen LogP contribution >= 0.6 is 11.6 Å². The molecule has 2 aliphatic carbocycles. The number of rotatable bonds is 1. The lowest BCUT2D eigenvalue weighted by Gasteiger charge is -2.49. The van der Waals surface area contributed by atoms with E-state index in [0.29, 0.717) is 36.2 Å². The van der Waals surface area contributed by atoms with Crippen LogP contribution in [0.4, 0.5) is 10.5 Å². The van der Waals surface area contributed by atoms with Crippen LogP contribution in [0.3, 0.4) is 0 Å². The summed E-state index contributed by atoms with van der Waals surface area (Å²) in [7, 11) is -0.928. The minimum atomic E-state index is -4.24. The number of ether oxygens (including phenoxy) is 3. The Morgan fingerprint density at radius 3 is 2.64 bits per heavy atom. The molecule has 2 aromatic carbocycles. The first-order valence-corrected chi connectivity index (χ1v) is 18.1. The number of amides is 2. The first-order valence-electron chi connectivity index (χ1n) is 16.2. The van der Waals surface area contributed by atoms with E-state index in [9.17, 15) is 18.0 Å². The predicted octanol–water partition coefficient (Wildman–Crippen LogP) is 5.47. The largest absolute Gasteiger partial charge is 0.490 e. The van der Waals surface area contributed by atoms with Gasteiger partial charge in [-0.15, -0.1) is 0 Å². The maximum atomic E-state index is 13.6. The van der Waals surface area contributed by atoms with E-state index >= 15 is 0 Å². The number of sulfonamides is 1. The molecule has 2 aromatic rings. The lowest BCUT2D eigenvalue weighted by Crippen LogP contribution is -2.53. The van der Waals surface area contributed by atoms with Gasteiger partial charge < -0.3 is 24.0 Å². The third-order valence-corrected chi connectivity index (χ3v) is 11.9. The number of halogens is 1. The van der Waals surface area contributed by atoms with E-state index in [2.05, 4.69) is 15.7 Å². The lowest BCUT2D eigenvalue weighted by molar-refractivity contribution is -0.139. The van der Waals surface area contributed by atoms with E-state index in [1.165, 1.54) is 35.9 Å². The molecule has 2 bridgehead atoms. The summed E-state index contributed by atoms with van der Waals surface area (Å²) in [6.07, 6.45) is 7.71. The molecule has 2 aliphatic heterocycles. The minimum Gasteiger partial charge on any atom is -0.490 e. The van der Waals surface area contributed by atoms with Crippen molar-refractivity contribution in [1.29, 1.82) is 0 Å². The van der Waals surface area contributed by atoms with Crippen LogP contribution in [0.1, 0.15) is 57.6 Å². The molecule has 10 nitrogen and oxygen atoms in total. The number of fused-ring (bicyclic) bond motifs is 4. The van der Waals surface area contributed by atoms with Crippen molar-refractivity contribution in [3.63, 3.8) is 0 Å². The predicted molar refractivity (Wildman–Crippen MR) is 180 cm³/mol. The van der Waals surface area contributed by atoms with Gasteiger partial charge in [-0.05, 0) is 106 Å². The summed E-state index contributed by atoms with van der Waals surface area (Å²) in [4.78, 5) is 29.8. The molecule has 1 spiro atoms. The number of carbonyl (C=O) groups is 2. The number of carbonyl (C=O) groups excluding carboxylic acids is 2. The van der Waals surface area contributed by atoms with E-state index in [-0.39, 0.29) is 28.8 Å². The number of nitrogens with zero attached hydrogens (tertiary/aromatic N) is 2. The van der Waals surface area contributed by atoms with Gasteiger partial charge in [0.25, 0.3) is 15.9 Å². The summed E-state index contributed by atoms with van der Waals surface area (Å²) in [5.41, 5.74) is 0.293. The van der Waals surface area contributed by atoms with E-state index in [4.69, 9.17) is 25.8 Å². The zero-order chi connectivity index (χ0) is 33.8. The molecule has 0 aromatic heterocycles. The highest BCUT2D eigenvalue weighted by Gasteiger charge is 2.49. The monoisotopic (exact) mass is 685 g/mol. The summed E-state index contributed by atoms with van der Waals surface area (Å²) >= 11 is 6.42. The van der Waals surface area contributed by atoms with Crippen LogP contribution in [0.5, 0.6) is 5.75 Å². The normalized spacial score (nSPS) is 30.3. The van der Waals surface area contributed by atoms with Crippen LogP contribution in [0.2, 0.25) is 5.02 Å². The Labute approximate surface area is 282 Å². The minimum absolute atomic E-state index is 0.0141. The Kier molecular flexibility index (Phi) is 8.80. The maximum Gasteiger partial charge on any atom is 0.410 e. The van der Waals surface area contributed by atoms with Crippen LogP contribution in [0.15, 0.2) is 53.4 Å². The van der Waals surface area contributed by atoms with Crippen LogP contribution in [0.25, 0.3) is 0 Å². The van der Waals surface area contributed by atoms with Crippen LogP contribution in [0, 0.1) is 11.8 Å². The molecule has 0 unspecified atom stereocenters. The Bertz CT molecular complexity index is 1710. The standard InChI is InChI=1S/C35H44ClN3O7S/c1-33(2)31(40)37-47(42,43)26-11-14-30-29(19-26)39(21-35(22-44-30)16-6-8-23-18-25(36)10-13-28(23)35)20-24-9-12-27(24)34(3,15-7-17-45-33)46-32(41)38(4)5/h7,10-11,13-15,18-19,24,27H,6,8-9,12,16-17,20-22H2,1-5H3,(H,37,40)/b15-7-/t24-,27+,34-,35-/m0/s1. The Morgan fingerprint density at radius 2 is 1.91 bits per heavy atom. The van der Waals surface area contributed by atoms with Gasteiger partial charge in [0, 0.05) is 43.5 Å². The van der Waals surface area contributed by atoms with Crippen molar-refractivity contribution in [3.05, 3.63) is 64.7 Å². The molecule has 1 saturated carbocycles. The lowest BCUT2D eigenvalue weighted by atomic mass is 9.64. The average Bonchev–Trinajstić information content (AvgIpc) is 3.13. The molecule has 2 heterocycles. The van der Waals surface area contributed by atoms with Gasteiger partial charge in [0.05, 0.1) is 23.8 Å². The van der Waals surface area contributed by atoms with Gasteiger partial charge >= 0.3 is 6.09 Å². The second-order valence-corrected chi connectivity index (χ2v) is 16.4. The summed E-state index contributed by atoms with van der Waals surface area (Å²) in [5, 5.41) is 0.700. The Morgan fingerprint density at radius 1 is 1.13 bits per heavy atom. The molecule has 0 radical (unpaired) electrons. The Balaban J connectivity index is 1.46. The summed E-state index contributed by atoms with van der Waals surface area (Å²) in [6, 6.07) is 10.8. The highest BCUT2D eigenvalue weighted by Crippen LogP contribution is 2.49. The number of hydrogen-bond acceptors (Lipinski definition) is 8. The fourth-order valence-corrected chi connectivity index (χ4v) is 8.82. The molecule has 2 amide bonds. The summed E-state index contributed by atoms with van der Waals surface area (Å²) in [6.45, 7) is 6.59. The SMILES string of the molecule is CN(C)C(=O)O[C@@]1(C)/C=C\COC(C)(C)C(=O)NS(=O)(=O)c2ccc3c(c2)N(C[C@@H]2CC[C@H]21)C[C@@]1(CCCc2cc(Cl)ccc21)CO3. The topological polar surface area (TPSA) is 114 Å². The third-order valence-electron chi connectivity index (χ3n) is 10.4. The molecule has 6 rings (SSSR count). The second-order valence-electron chi connectivity index (χ2n) is 14.3. The maximum absolute atomic E-state index is 13.6. The number of anilines is 1. The van der Waals surface area contributed by atoms with E-state index in [1.807, 2.05) is 25.1 Å². The van der Waals surface area contributed by atoms with Gasteiger partial charge in [-0.2, -0.15) is 0 Å².